The molecular formula is C26H37N7O2. The van der Waals surface area contributed by atoms with E-state index >= 15 is 0 Å². The normalized spacial score (nSPS) is 18.4. The zero-order valence-corrected chi connectivity index (χ0v) is 21.2. The van der Waals surface area contributed by atoms with E-state index in [1.807, 2.05) is 16.7 Å². The number of carbonyl (C=O) groups is 1. The number of unbranched alkanes of at least 4 members (excludes halogenated alkanes) is 1. The molecule has 3 aromatic rings. The van der Waals surface area contributed by atoms with Gasteiger partial charge in [-0.15, -0.1) is 0 Å². The summed E-state index contributed by atoms with van der Waals surface area (Å²) in [6.07, 6.45) is 7.48. The number of hydrogen-bond donors (Lipinski definition) is 2. The van der Waals surface area contributed by atoms with Crippen molar-refractivity contribution in [3.63, 3.8) is 0 Å². The van der Waals surface area contributed by atoms with E-state index in [1.54, 1.807) is 6.33 Å². The summed E-state index contributed by atoms with van der Waals surface area (Å²) in [7, 11) is 2.11. The molecule has 35 heavy (non-hydrogen) atoms. The molecule has 2 atom stereocenters. The minimum absolute atomic E-state index is 0.0649. The van der Waals surface area contributed by atoms with Crippen LogP contribution in [-0.2, 0) is 14.9 Å². The Morgan fingerprint density at radius 3 is 2.69 bits per heavy atom. The molecule has 1 aliphatic rings. The van der Waals surface area contributed by atoms with Crippen molar-refractivity contribution < 1.29 is 9.53 Å². The highest BCUT2D eigenvalue weighted by molar-refractivity contribution is 5.90. The van der Waals surface area contributed by atoms with E-state index in [2.05, 4.69) is 65.1 Å². The van der Waals surface area contributed by atoms with Crippen molar-refractivity contribution in [2.45, 2.75) is 70.6 Å². The number of fused-ring (bicyclic) bond motifs is 1. The van der Waals surface area contributed by atoms with Crippen LogP contribution in [0.1, 0.15) is 64.7 Å². The first-order valence-corrected chi connectivity index (χ1v) is 12.4. The van der Waals surface area contributed by atoms with Crippen LogP contribution in [0.3, 0.4) is 0 Å². The van der Waals surface area contributed by atoms with Crippen LogP contribution in [0.5, 0.6) is 0 Å². The Morgan fingerprint density at radius 1 is 1.17 bits per heavy atom. The molecule has 0 bridgehead atoms. The first-order valence-electron chi connectivity index (χ1n) is 12.4. The number of carbonyl (C=O) groups excluding carboxylic acids is 1. The van der Waals surface area contributed by atoms with E-state index in [0.29, 0.717) is 23.4 Å². The van der Waals surface area contributed by atoms with Gasteiger partial charge in [0.15, 0.2) is 11.5 Å². The van der Waals surface area contributed by atoms with E-state index in [9.17, 15) is 4.79 Å². The standard InChI is InChI=1S/C26H37N7O2/c1-26(2,3)18-8-10-19(11-9-18)31-21(34)7-5-6-14-32(4)15-20-12-13-22(35-20)33-17-30-23-24(27)28-16-29-25(23)33/h8-11,16-17,20,22H,5-7,12-15H2,1-4H3,(H,31,34)(H2,27,28,29). The fourth-order valence-electron chi connectivity index (χ4n) is 4.49. The summed E-state index contributed by atoms with van der Waals surface area (Å²) in [6.45, 7) is 8.33. The number of imidazole rings is 1. The van der Waals surface area contributed by atoms with Crippen LogP contribution >= 0.6 is 0 Å². The third-order valence-electron chi connectivity index (χ3n) is 6.53. The van der Waals surface area contributed by atoms with Gasteiger partial charge in [-0.25, -0.2) is 15.0 Å². The van der Waals surface area contributed by atoms with E-state index in [4.69, 9.17) is 10.5 Å². The van der Waals surface area contributed by atoms with Crippen molar-refractivity contribution in [2.24, 2.45) is 0 Å². The minimum atomic E-state index is -0.0890. The fourth-order valence-corrected chi connectivity index (χ4v) is 4.49. The zero-order chi connectivity index (χ0) is 25.0. The molecule has 9 nitrogen and oxygen atoms in total. The van der Waals surface area contributed by atoms with Gasteiger partial charge in [-0.1, -0.05) is 32.9 Å². The molecule has 1 amide bonds. The number of nitrogen functional groups attached to an aromatic ring is 1. The Hall–Kier alpha value is -3.04. The molecular weight excluding hydrogens is 442 g/mol. The van der Waals surface area contributed by atoms with Gasteiger partial charge >= 0.3 is 0 Å². The number of rotatable bonds is 9. The number of hydrogen-bond acceptors (Lipinski definition) is 7. The summed E-state index contributed by atoms with van der Waals surface area (Å²) in [5.74, 6) is 0.449. The molecule has 3 N–H and O–H groups in total. The lowest BCUT2D eigenvalue weighted by Crippen LogP contribution is -2.30. The number of ether oxygens (including phenoxy) is 1. The minimum Gasteiger partial charge on any atom is -0.382 e. The van der Waals surface area contributed by atoms with Crippen LogP contribution in [0.2, 0.25) is 0 Å². The van der Waals surface area contributed by atoms with Gasteiger partial charge in [0.05, 0.1) is 12.4 Å². The Labute approximate surface area is 207 Å². The predicted octanol–water partition coefficient (Wildman–Crippen LogP) is 4.12. The molecule has 0 radical (unpaired) electrons. The van der Waals surface area contributed by atoms with Crippen LogP contribution in [0, 0.1) is 0 Å². The summed E-state index contributed by atoms with van der Waals surface area (Å²) < 4.78 is 8.23. The quantitative estimate of drug-likeness (QED) is 0.444. The smallest absolute Gasteiger partial charge is 0.224 e. The maximum atomic E-state index is 12.3. The third-order valence-corrected chi connectivity index (χ3v) is 6.53. The Bertz CT molecular complexity index is 1140. The van der Waals surface area contributed by atoms with Crippen molar-refractivity contribution in [3.05, 3.63) is 42.5 Å². The highest BCUT2D eigenvalue weighted by Gasteiger charge is 2.29. The summed E-state index contributed by atoms with van der Waals surface area (Å²) in [6, 6.07) is 8.13. The topological polar surface area (TPSA) is 111 Å². The molecule has 1 aliphatic heterocycles. The Balaban J connectivity index is 1.15. The molecule has 4 rings (SSSR count). The van der Waals surface area contributed by atoms with Crippen LogP contribution in [0.15, 0.2) is 36.9 Å². The van der Waals surface area contributed by atoms with Crippen LogP contribution in [0.4, 0.5) is 11.5 Å². The summed E-state index contributed by atoms with van der Waals surface area (Å²) in [5, 5.41) is 3.00. The SMILES string of the molecule is CN(CCCCC(=O)Nc1ccc(C(C)(C)C)cc1)CC1CCC(n2cnc3c(N)ncnc32)O1. The van der Waals surface area contributed by atoms with Crippen molar-refractivity contribution in [1.29, 1.82) is 0 Å². The van der Waals surface area contributed by atoms with Crippen molar-refractivity contribution in [3.8, 4) is 0 Å². The van der Waals surface area contributed by atoms with Crippen LogP contribution in [-0.4, -0.2) is 56.6 Å². The number of amides is 1. The highest BCUT2D eigenvalue weighted by Crippen LogP contribution is 2.31. The van der Waals surface area contributed by atoms with Gasteiger partial charge in [0, 0.05) is 18.7 Å². The number of aromatic nitrogens is 4. The number of likely N-dealkylation sites (N-methyl/N-ethyl adjacent to an activating group) is 1. The molecule has 0 saturated carbocycles. The van der Waals surface area contributed by atoms with E-state index in [1.165, 1.54) is 11.9 Å². The van der Waals surface area contributed by atoms with Gasteiger partial charge in [0.1, 0.15) is 18.1 Å². The molecule has 1 aromatic carbocycles. The van der Waals surface area contributed by atoms with E-state index < -0.39 is 0 Å². The Kier molecular flexibility index (Phi) is 7.66. The van der Waals surface area contributed by atoms with Gasteiger partial charge in [-0.05, 0) is 62.4 Å². The first kappa shape index (κ1) is 25.1. The first-order chi connectivity index (χ1) is 16.7. The zero-order valence-electron chi connectivity index (χ0n) is 21.2. The number of nitrogens with one attached hydrogen (secondary N) is 1. The lowest BCUT2D eigenvalue weighted by molar-refractivity contribution is -0.116. The number of benzene rings is 1. The molecule has 2 aromatic heterocycles. The van der Waals surface area contributed by atoms with Crippen molar-refractivity contribution >= 4 is 28.6 Å². The van der Waals surface area contributed by atoms with Gasteiger partial charge in [-0.2, -0.15) is 0 Å². The molecule has 1 saturated heterocycles. The summed E-state index contributed by atoms with van der Waals surface area (Å²) in [4.78, 5) is 27.3. The van der Waals surface area contributed by atoms with Crippen LogP contribution < -0.4 is 11.1 Å². The number of anilines is 2. The third kappa shape index (κ3) is 6.35. The Morgan fingerprint density at radius 2 is 1.94 bits per heavy atom. The summed E-state index contributed by atoms with van der Waals surface area (Å²) >= 11 is 0. The molecule has 2 unspecified atom stereocenters. The van der Waals surface area contributed by atoms with E-state index in [-0.39, 0.29) is 23.7 Å². The maximum Gasteiger partial charge on any atom is 0.224 e. The average molecular weight is 480 g/mol. The lowest BCUT2D eigenvalue weighted by Gasteiger charge is -2.21. The van der Waals surface area contributed by atoms with Gasteiger partial charge in [-0.3, -0.25) is 9.36 Å². The molecule has 9 heteroatoms. The number of nitrogens with two attached hydrogens (primary N) is 1. The highest BCUT2D eigenvalue weighted by atomic mass is 16.5. The maximum absolute atomic E-state index is 12.3. The molecule has 188 valence electrons. The second-order valence-electron chi connectivity index (χ2n) is 10.5. The predicted molar refractivity (Wildman–Crippen MR) is 138 cm³/mol. The van der Waals surface area contributed by atoms with Gasteiger partial charge < -0.3 is 20.7 Å². The second-order valence-corrected chi connectivity index (χ2v) is 10.5. The molecule has 3 heterocycles. The van der Waals surface area contributed by atoms with E-state index in [0.717, 1.165) is 44.5 Å². The molecule has 0 aliphatic carbocycles. The van der Waals surface area contributed by atoms with Gasteiger partial charge in [0.2, 0.25) is 5.91 Å². The second kappa shape index (κ2) is 10.7. The van der Waals surface area contributed by atoms with Crippen LogP contribution in [0.25, 0.3) is 11.2 Å². The number of nitrogens with zero attached hydrogens (tertiary/aromatic N) is 5. The summed E-state index contributed by atoms with van der Waals surface area (Å²) in [5.41, 5.74) is 9.44. The fraction of sp³-hybridized carbons (Fsp3) is 0.538. The average Bonchev–Trinajstić information content (AvgIpc) is 3.44. The monoisotopic (exact) mass is 479 g/mol. The molecule has 0 spiro atoms. The van der Waals surface area contributed by atoms with Crippen molar-refractivity contribution in [1.82, 2.24) is 24.4 Å². The largest absolute Gasteiger partial charge is 0.382 e. The van der Waals surface area contributed by atoms with Crippen molar-refractivity contribution in [2.75, 3.05) is 31.2 Å². The molecule has 1 fully saturated rings. The van der Waals surface area contributed by atoms with Gasteiger partial charge in [0.25, 0.3) is 0 Å². The lowest BCUT2D eigenvalue weighted by atomic mass is 9.87.